The molecule has 30 heavy (non-hydrogen) atoms. The van der Waals surface area contributed by atoms with E-state index in [0.717, 1.165) is 42.3 Å². The first-order valence-electron chi connectivity index (χ1n) is 10.5. The van der Waals surface area contributed by atoms with Gasteiger partial charge in [0.2, 0.25) is 5.91 Å². The molecule has 7 nitrogen and oxygen atoms in total. The normalized spacial score (nSPS) is 17.2. The zero-order valence-electron chi connectivity index (χ0n) is 17.2. The van der Waals surface area contributed by atoms with Gasteiger partial charge in [-0.15, -0.1) is 11.3 Å². The smallest absolute Gasteiger partial charge is 0.263 e. The number of thiophene rings is 1. The van der Waals surface area contributed by atoms with Crippen molar-refractivity contribution >= 4 is 39.2 Å². The van der Waals surface area contributed by atoms with E-state index in [1.165, 1.54) is 22.2 Å². The van der Waals surface area contributed by atoms with Gasteiger partial charge in [-0.05, 0) is 56.9 Å². The summed E-state index contributed by atoms with van der Waals surface area (Å²) >= 11 is 2.88. The van der Waals surface area contributed by atoms with Crippen LogP contribution >= 0.6 is 23.1 Å². The molecule has 1 N–H and O–H groups in total. The molecule has 0 bridgehead atoms. The zero-order chi connectivity index (χ0) is 21.1. The molecule has 0 aromatic carbocycles. The molecule has 2 aromatic rings. The molecule has 4 rings (SSSR count). The summed E-state index contributed by atoms with van der Waals surface area (Å²) in [5, 5.41) is 13.7. The van der Waals surface area contributed by atoms with Crippen LogP contribution in [0.25, 0.3) is 10.2 Å². The Kier molecular flexibility index (Phi) is 6.46. The van der Waals surface area contributed by atoms with E-state index in [0.29, 0.717) is 37.6 Å². The highest BCUT2D eigenvalue weighted by Gasteiger charge is 2.35. The Balaban J connectivity index is 1.57. The first-order valence-corrected chi connectivity index (χ1v) is 12.3. The first kappa shape index (κ1) is 21.3. The van der Waals surface area contributed by atoms with Gasteiger partial charge in [0.1, 0.15) is 10.4 Å². The van der Waals surface area contributed by atoms with Crippen molar-refractivity contribution in [3.8, 4) is 6.07 Å². The van der Waals surface area contributed by atoms with Crippen LogP contribution < -0.4 is 10.9 Å². The van der Waals surface area contributed by atoms with Gasteiger partial charge in [0, 0.05) is 25.1 Å². The van der Waals surface area contributed by atoms with Gasteiger partial charge in [0.15, 0.2) is 5.16 Å². The Morgan fingerprint density at radius 2 is 2.17 bits per heavy atom. The summed E-state index contributed by atoms with van der Waals surface area (Å²) < 4.78 is 6.85. The van der Waals surface area contributed by atoms with E-state index >= 15 is 0 Å². The SMILES string of the molecule is COCCCn1c(SCC(=O)NC2(C#N)CCCC2)nc2sc3c(c2c1=O)CCC3. The van der Waals surface area contributed by atoms with Crippen molar-refractivity contribution in [3.05, 3.63) is 20.8 Å². The van der Waals surface area contributed by atoms with Gasteiger partial charge in [-0.1, -0.05) is 11.8 Å². The molecule has 2 aliphatic rings. The molecule has 2 aromatic heterocycles. The minimum absolute atomic E-state index is 0.0114. The van der Waals surface area contributed by atoms with Gasteiger partial charge in [-0.3, -0.25) is 14.2 Å². The standard InChI is InChI=1S/C21H26N4O3S2/c1-28-11-5-10-25-19(27)17-14-6-4-7-15(14)30-18(17)23-20(25)29-12-16(26)24-21(13-22)8-2-3-9-21/h2-12H2,1H3,(H,24,26). The van der Waals surface area contributed by atoms with Crippen LogP contribution in [-0.4, -0.2) is 40.5 Å². The van der Waals surface area contributed by atoms with Crippen LogP contribution in [0.15, 0.2) is 9.95 Å². The van der Waals surface area contributed by atoms with Gasteiger partial charge < -0.3 is 10.1 Å². The number of carbonyl (C=O) groups is 1. The molecule has 2 heterocycles. The third-order valence-corrected chi connectivity index (χ3v) is 8.06. The van der Waals surface area contributed by atoms with Crippen molar-refractivity contribution in [2.45, 2.75) is 68.6 Å². The maximum Gasteiger partial charge on any atom is 0.263 e. The molecule has 0 radical (unpaired) electrons. The lowest BCUT2D eigenvalue weighted by atomic mass is 10.0. The van der Waals surface area contributed by atoms with Gasteiger partial charge >= 0.3 is 0 Å². The van der Waals surface area contributed by atoms with Crippen LogP contribution in [0.5, 0.6) is 0 Å². The van der Waals surface area contributed by atoms with Crippen molar-refractivity contribution in [2.24, 2.45) is 0 Å². The number of ether oxygens (including phenoxy) is 1. The minimum Gasteiger partial charge on any atom is -0.385 e. The summed E-state index contributed by atoms with van der Waals surface area (Å²) in [6.45, 7) is 1.06. The Morgan fingerprint density at radius 1 is 1.37 bits per heavy atom. The van der Waals surface area contributed by atoms with E-state index in [2.05, 4.69) is 11.4 Å². The fourth-order valence-corrected chi connectivity index (χ4v) is 6.54. The van der Waals surface area contributed by atoms with Gasteiger partial charge in [-0.2, -0.15) is 5.26 Å². The molecule has 1 amide bonds. The number of methoxy groups -OCH3 is 1. The number of aromatic nitrogens is 2. The summed E-state index contributed by atoms with van der Waals surface area (Å²) in [5.41, 5.74) is 0.420. The molecule has 0 spiro atoms. The number of rotatable bonds is 8. The van der Waals surface area contributed by atoms with Crippen molar-refractivity contribution in [1.29, 1.82) is 5.26 Å². The number of nitrogens with one attached hydrogen (secondary N) is 1. The van der Waals surface area contributed by atoms with Gasteiger partial charge in [0.25, 0.3) is 5.56 Å². The Labute approximate surface area is 183 Å². The van der Waals surface area contributed by atoms with E-state index in [1.807, 2.05) is 0 Å². The average molecular weight is 447 g/mol. The summed E-state index contributed by atoms with van der Waals surface area (Å²) in [6, 6.07) is 2.28. The van der Waals surface area contributed by atoms with E-state index in [-0.39, 0.29) is 17.2 Å². The quantitative estimate of drug-likeness (QED) is 0.380. The highest BCUT2D eigenvalue weighted by molar-refractivity contribution is 7.99. The lowest BCUT2D eigenvalue weighted by molar-refractivity contribution is -0.119. The number of hydrogen-bond acceptors (Lipinski definition) is 7. The number of nitrogens with zero attached hydrogens (tertiary/aromatic N) is 3. The number of fused-ring (bicyclic) bond motifs is 3. The lowest BCUT2D eigenvalue weighted by Crippen LogP contribution is -2.45. The predicted molar refractivity (Wildman–Crippen MR) is 118 cm³/mol. The monoisotopic (exact) mass is 446 g/mol. The number of amides is 1. The van der Waals surface area contributed by atoms with Gasteiger partial charge in [0.05, 0.1) is 17.2 Å². The fourth-order valence-electron chi connectivity index (χ4n) is 4.41. The lowest BCUT2D eigenvalue weighted by Gasteiger charge is -2.21. The topological polar surface area (TPSA) is 97.0 Å². The molecule has 0 atom stereocenters. The highest BCUT2D eigenvalue weighted by atomic mass is 32.2. The zero-order valence-corrected chi connectivity index (χ0v) is 18.8. The molecular weight excluding hydrogens is 420 g/mol. The average Bonchev–Trinajstić information content (AvgIpc) is 3.44. The van der Waals surface area contributed by atoms with Crippen LogP contribution in [0.1, 0.15) is 49.0 Å². The van der Waals surface area contributed by atoms with Crippen molar-refractivity contribution in [3.63, 3.8) is 0 Å². The first-order chi connectivity index (χ1) is 14.6. The molecule has 0 aliphatic heterocycles. The number of carbonyl (C=O) groups excluding carboxylic acids is 1. The Hall–Kier alpha value is -1.89. The summed E-state index contributed by atoms with van der Waals surface area (Å²) in [6.07, 6.45) is 7.07. The fraction of sp³-hybridized carbons (Fsp3) is 0.619. The summed E-state index contributed by atoms with van der Waals surface area (Å²) in [5.74, 6) is -0.0496. The molecule has 1 saturated carbocycles. The maximum absolute atomic E-state index is 13.3. The number of hydrogen-bond donors (Lipinski definition) is 1. The van der Waals surface area contributed by atoms with Crippen molar-refractivity contribution in [1.82, 2.24) is 14.9 Å². The van der Waals surface area contributed by atoms with Crippen molar-refractivity contribution < 1.29 is 9.53 Å². The molecular formula is C21H26N4O3S2. The second-order valence-corrected chi connectivity index (χ2v) is 10.00. The molecule has 2 aliphatic carbocycles. The molecule has 0 saturated heterocycles. The number of aryl methyl sites for hydroxylation is 2. The van der Waals surface area contributed by atoms with E-state index in [4.69, 9.17) is 9.72 Å². The second-order valence-electron chi connectivity index (χ2n) is 7.97. The highest BCUT2D eigenvalue weighted by Crippen LogP contribution is 2.35. The van der Waals surface area contributed by atoms with Crippen LogP contribution in [-0.2, 0) is 28.9 Å². The van der Waals surface area contributed by atoms with Crippen LogP contribution in [0.3, 0.4) is 0 Å². The Bertz CT molecular complexity index is 1050. The largest absolute Gasteiger partial charge is 0.385 e. The van der Waals surface area contributed by atoms with Crippen LogP contribution in [0.2, 0.25) is 0 Å². The number of nitriles is 1. The van der Waals surface area contributed by atoms with Crippen LogP contribution in [0.4, 0.5) is 0 Å². The molecule has 160 valence electrons. The van der Waals surface area contributed by atoms with E-state index in [9.17, 15) is 14.9 Å². The van der Waals surface area contributed by atoms with E-state index < -0.39 is 5.54 Å². The summed E-state index contributed by atoms with van der Waals surface area (Å²) in [7, 11) is 1.64. The third kappa shape index (κ3) is 4.13. The second kappa shape index (κ2) is 9.08. The van der Waals surface area contributed by atoms with Crippen LogP contribution in [0, 0.1) is 11.3 Å². The summed E-state index contributed by atoms with van der Waals surface area (Å²) in [4.78, 5) is 32.7. The molecule has 9 heteroatoms. The Morgan fingerprint density at radius 3 is 2.90 bits per heavy atom. The minimum atomic E-state index is -0.734. The van der Waals surface area contributed by atoms with Crippen molar-refractivity contribution in [2.75, 3.05) is 19.5 Å². The predicted octanol–water partition coefficient (Wildman–Crippen LogP) is 3.03. The third-order valence-electron chi connectivity index (χ3n) is 5.90. The van der Waals surface area contributed by atoms with E-state index in [1.54, 1.807) is 23.0 Å². The molecule has 1 fully saturated rings. The molecule has 0 unspecified atom stereocenters. The maximum atomic E-state index is 13.3. The number of thioether (sulfide) groups is 1. The van der Waals surface area contributed by atoms with Gasteiger partial charge in [-0.25, -0.2) is 4.98 Å².